The van der Waals surface area contributed by atoms with Crippen molar-refractivity contribution in [3.8, 4) is 11.4 Å². The molecule has 3 aromatic rings. The minimum Gasteiger partial charge on any atom is -0.379 e. The Bertz CT molecular complexity index is 1070. The summed E-state index contributed by atoms with van der Waals surface area (Å²) in [4.78, 5) is 28.0. The van der Waals surface area contributed by atoms with E-state index in [1.807, 2.05) is 30.2 Å². The van der Waals surface area contributed by atoms with Crippen LogP contribution in [0.15, 0.2) is 55.0 Å². The van der Waals surface area contributed by atoms with Crippen molar-refractivity contribution >= 4 is 11.6 Å². The zero-order valence-electron chi connectivity index (χ0n) is 16.6. The Balaban J connectivity index is 1.42. The molecule has 2 aliphatic rings. The molecule has 2 fully saturated rings. The van der Waals surface area contributed by atoms with Crippen LogP contribution >= 0.6 is 0 Å². The molecule has 1 N–H and O–H groups in total. The molecule has 1 aliphatic heterocycles. The number of anilines is 1. The predicted molar refractivity (Wildman–Crippen MR) is 111 cm³/mol. The van der Waals surface area contributed by atoms with E-state index >= 15 is 0 Å². The number of hydrogen-bond donors (Lipinski definition) is 1. The second-order valence-electron chi connectivity index (χ2n) is 8.04. The fourth-order valence-electron chi connectivity index (χ4n) is 4.69. The van der Waals surface area contributed by atoms with Crippen LogP contribution < -0.4 is 5.32 Å². The summed E-state index contributed by atoms with van der Waals surface area (Å²) >= 11 is 0. The van der Waals surface area contributed by atoms with E-state index in [1.54, 1.807) is 30.6 Å². The number of pyridine rings is 1. The maximum Gasteiger partial charge on any atom is 0.255 e. The van der Waals surface area contributed by atoms with Gasteiger partial charge >= 0.3 is 0 Å². The Labute approximate surface area is 174 Å². The fourth-order valence-corrected chi connectivity index (χ4v) is 4.69. The van der Waals surface area contributed by atoms with Gasteiger partial charge in [-0.25, -0.2) is 14.4 Å². The first kappa shape index (κ1) is 18.7. The van der Waals surface area contributed by atoms with Crippen LogP contribution in [0.1, 0.15) is 28.9 Å². The van der Waals surface area contributed by atoms with Gasteiger partial charge in [0.15, 0.2) is 5.82 Å². The van der Waals surface area contributed by atoms with Crippen molar-refractivity contribution in [1.82, 2.24) is 19.9 Å². The summed E-state index contributed by atoms with van der Waals surface area (Å²) in [5.74, 6) is 0.0124. The van der Waals surface area contributed by atoms with Crippen LogP contribution in [0, 0.1) is 18.7 Å². The first-order chi connectivity index (χ1) is 14.6. The van der Waals surface area contributed by atoms with E-state index in [1.165, 1.54) is 6.07 Å². The first-order valence-corrected chi connectivity index (χ1v) is 10.2. The van der Waals surface area contributed by atoms with Gasteiger partial charge in [0.2, 0.25) is 0 Å². The average Bonchev–Trinajstić information content (AvgIpc) is 3.36. The van der Waals surface area contributed by atoms with Crippen LogP contribution in [0.4, 0.5) is 10.1 Å². The maximum atomic E-state index is 14.7. The van der Waals surface area contributed by atoms with Gasteiger partial charge in [-0.3, -0.25) is 9.78 Å². The van der Waals surface area contributed by atoms with Gasteiger partial charge in [0, 0.05) is 30.7 Å². The molecule has 0 spiro atoms. The van der Waals surface area contributed by atoms with Crippen LogP contribution in [0.3, 0.4) is 0 Å². The monoisotopic (exact) mass is 403 g/mol. The summed E-state index contributed by atoms with van der Waals surface area (Å²) in [7, 11) is 0. The van der Waals surface area contributed by atoms with Crippen molar-refractivity contribution in [2.24, 2.45) is 5.92 Å². The van der Waals surface area contributed by atoms with Crippen molar-refractivity contribution < 1.29 is 9.18 Å². The highest BCUT2D eigenvalue weighted by atomic mass is 19.1. The minimum absolute atomic E-state index is 0.0663. The van der Waals surface area contributed by atoms with E-state index < -0.39 is 5.82 Å². The number of carbonyl (C=O) groups is 1. The Kier molecular flexibility index (Phi) is 4.65. The third-order valence-electron chi connectivity index (χ3n) is 6.04. The van der Waals surface area contributed by atoms with Gasteiger partial charge in [0.05, 0.1) is 29.1 Å². The van der Waals surface area contributed by atoms with E-state index in [9.17, 15) is 9.18 Å². The lowest BCUT2D eigenvalue weighted by molar-refractivity contribution is 0.0692. The number of nitrogens with zero attached hydrogens (tertiary/aromatic N) is 4. The second-order valence-corrected chi connectivity index (χ2v) is 8.04. The molecule has 1 amide bonds. The first-order valence-electron chi connectivity index (χ1n) is 10.2. The van der Waals surface area contributed by atoms with E-state index in [0.717, 1.165) is 24.2 Å². The predicted octanol–water partition coefficient (Wildman–Crippen LogP) is 3.70. The third kappa shape index (κ3) is 3.30. The number of nitrogens with one attached hydrogen (secondary N) is 1. The van der Waals surface area contributed by atoms with Gasteiger partial charge in [-0.05, 0) is 56.0 Å². The lowest BCUT2D eigenvalue weighted by Crippen LogP contribution is -2.47. The summed E-state index contributed by atoms with van der Waals surface area (Å²) < 4.78 is 14.7. The number of rotatable bonds is 4. The summed E-state index contributed by atoms with van der Waals surface area (Å²) in [6.45, 7) is 2.65. The number of hydrogen-bond acceptors (Lipinski definition) is 5. The van der Waals surface area contributed by atoms with E-state index in [4.69, 9.17) is 0 Å². The number of fused-ring (bicyclic) bond motifs is 2. The summed E-state index contributed by atoms with van der Waals surface area (Å²) in [6, 6.07) is 10.4. The van der Waals surface area contributed by atoms with Crippen molar-refractivity contribution in [2.45, 2.75) is 31.8 Å². The number of amides is 1. The quantitative estimate of drug-likeness (QED) is 0.719. The van der Waals surface area contributed by atoms with Gasteiger partial charge in [0.1, 0.15) is 5.82 Å². The standard InChI is InChI=1S/C23H22FN5O/c1-14-6-7-16(12-27-14)28-19-10-15-11-20(19)29(13-15)23(30)17-4-2-5-18(24)21(17)22-25-8-3-9-26-22/h2-9,12,15,19-20,28H,10-11,13H2,1H3. The van der Waals surface area contributed by atoms with Gasteiger partial charge in [-0.15, -0.1) is 0 Å². The van der Waals surface area contributed by atoms with E-state index in [0.29, 0.717) is 18.0 Å². The molecular weight excluding hydrogens is 381 g/mol. The minimum atomic E-state index is -0.489. The highest BCUT2D eigenvalue weighted by Crippen LogP contribution is 2.40. The summed E-state index contributed by atoms with van der Waals surface area (Å²) in [5, 5.41) is 3.54. The SMILES string of the molecule is Cc1ccc(NC2CC3CC2N(C(=O)c2cccc(F)c2-c2ncccn2)C3)cn1. The van der Waals surface area contributed by atoms with Crippen molar-refractivity contribution in [3.63, 3.8) is 0 Å². The molecule has 3 atom stereocenters. The van der Waals surface area contributed by atoms with Crippen LogP contribution in [0.25, 0.3) is 11.4 Å². The summed E-state index contributed by atoms with van der Waals surface area (Å²) in [6.07, 6.45) is 6.90. The molecule has 1 aromatic carbocycles. The molecule has 2 aromatic heterocycles. The molecule has 5 rings (SSSR count). The Morgan fingerprint density at radius 2 is 1.93 bits per heavy atom. The number of carbonyl (C=O) groups excluding carboxylic acids is 1. The topological polar surface area (TPSA) is 71.0 Å². The molecule has 7 heteroatoms. The number of benzene rings is 1. The number of aryl methyl sites for hydroxylation is 1. The highest BCUT2D eigenvalue weighted by Gasteiger charge is 2.47. The molecule has 30 heavy (non-hydrogen) atoms. The second kappa shape index (κ2) is 7.48. The van der Waals surface area contributed by atoms with Crippen molar-refractivity contribution in [2.75, 3.05) is 11.9 Å². The number of aromatic nitrogens is 3. The molecule has 6 nitrogen and oxygen atoms in total. The largest absolute Gasteiger partial charge is 0.379 e. The fraction of sp³-hybridized carbons (Fsp3) is 0.304. The Hall–Kier alpha value is -3.35. The average molecular weight is 403 g/mol. The zero-order valence-corrected chi connectivity index (χ0v) is 16.6. The molecule has 0 radical (unpaired) electrons. The van der Waals surface area contributed by atoms with E-state index in [2.05, 4.69) is 20.3 Å². The number of piperidine rings is 1. The zero-order chi connectivity index (χ0) is 20.7. The van der Waals surface area contributed by atoms with Gasteiger partial charge in [-0.2, -0.15) is 0 Å². The molecule has 1 saturated carbocycles. The van der Waals surface area contributed by atoms with Crippen molar-refractivity contribution in [1.29, 1.82) is 0 Å². The molecular formula is C23H22FN5O. The molecule has 2 bridgehead atoms. The van der Waals surface area contributed by atoms with Gasteiger partial charge in [-0.1, -0.05) is 6.07 Å². The molecule has 3 heterocycles. The van der Waals surface area contributed by atoms with E-state index in [-0.39, 0.29) is 29.4 Å². The van der Waals surface area contributed by atoms with Crippen LogP contribution in [-0.2, 0) is 0 Å². The van der Waals surface area contributed by atoms with Crippen LogP contribution in [0.5, 0.6) is 0 Å². The highest BCUT2D eigenvalue weighted by molar-refractivity contribution is 6.00. The molecule has 3 unspecified atom stereocenters. The normalized spacial score (nSPS) is 22.3. The maximum absolute atomic E-state index is 14.7. The lowest BCUT2D eigenvalue weighted by atomic mass is 10.0. The molecule has 1 saturated heterocycles. The Morgan fingerprint density at radius 1 is 1.10 bits per heavy atom. The Morgan fingerprint density at radius 3 is 2.67 bits per heavy atom. The smallest absolute Gasteiger partial charge is 0.255 e. The van der Waals surface area contributed by atoms with Gasteiger partial charge in [0.25, 0.3) is 5.91 Å². The molecule has 1 aliphatic carbocycles. The number of likely N-dealkylation sites (tertiary alicyclic amines) is 1. The number of halogens is 1. The summed E-state index contributed by atoms with van der Waals surface area (Å²) in [5.41, 5.74) is 2.39. The van der Waals surface area contributed by atoms with Gasteiger partial charge < -0.3 is 10.2 Å². The van der Waals surface area contributed by atoms with Crippen molar-refractivity contribution in [3.05, 3.63) is 72.1 Å². The third-order valence-corrected chi connectivity index (χ3v) is 6.04. The molecule has 152 valence electrons. The lowest BCUT2D eigenvalue weighted by Gasteiger charge is -2.34. The van der Waals surface area contributed by atoms with Crippen LogP contribution in [0.2, 0.25) is 0 Å². The van der Waals surface area contributed by atoms with Crippen LogP contribution in [-0.4, -0.2) is 44.4 Å².